The topological polar surface area (TPSA) is 21.3 Å². The number of hydrogen-bond donors (Lipinski definition) is 1. The Labute approximate surface area is 123 Å². The Kier molecular flexibility index (Phi) is 5.62. The summed E-state index contributed by atoms with van der Waals surface area (Å²) in [7, 11) is 0. The Hall–Kier alpha value is -0.860. The van der Waals surface area contributed by atoms with Gasteiger partial charge < -0.3 is 10.1 Å². The molecule has 1 N–H and O–H groups in total. The zero-order valence-corrected chi connectivity index (χ0v) is 13.2. The smallest absolute Gasteiger partial charge is 0.0506 e. The summed E-state index contributed by atoms with van der Waals surface area (Å²) in [4.78, 5) is 0. The molecule has 0 amide bonds. The zero-order valence-electron chi connectivity index (χ0n) is 13.2. The summed E-state index contributed by atoms with van der Waals surface area (Å²) in [6.07, 6.45) is 3.66. The van der Waals surface area contributed by atoms with E-state index in [0.717, 1.165) is 26.2 Å². The minimum atomic E-state index is 0.330. The van der Waals surface area contributed by atoms with E-state index in [1.54, 1.807) is 0 Å². The molecule has 20 heavy (non-hydrogen) atoms. The van der Waals surface area contributed by atoms with Gasteiger partial charge in [0.05, 0.1) is 6.61 Å². The highest BCUT2D eigenvalue weighted by molar-refractivity contribution is 5.19. The Morgan fingerprint density at radius 3 is 2.60 bits per heavy atom. The maximum absolute atomic E-state index is 5.58. The molecule has 2 atom stereocenters. The van der Waals surface area contributed by atoms with Crippen molar-refractivity contribution in [1.82, 2.24) is 5.32 Å². The number of hydrogen-bond acceptors (Lipinski definition) is 2. The summed E-state index contributed by atoms with van der Waals surface area (Å²) in [5, 5.41) is 3.78. The van der Waals surface area contributed by atoms with Crippen molar-refractivity contribution in [3.63, 3.8) is 0 Å². The molecule has 0 saturated carbocycles. The molecule has 1 heterocycles. The molecule has 2 nitrogen and oxygen atoms in total. The molecule has 112 valence electrons. The summed E-state index contributed by atoms with van der Waals surface area (Å²) in [6.45, 7) is 9.87. The van der Waals surface area contributed by atoms with Gasteiger partial charge in [0, 0.05) is 19.2 Å². The van der Waals surface area contributed by atoms with Crippen LogP contribution in [-0.2, 0) is 4.74 Å². The molecule has 0 spiro atoms. The van der Waals surface area contributed by atoms with Gasteiger partial charge in [-0.3, -0.25) is 0 Å². The van der Waals surface area contributed by atoms with Crippen LogP contribution in [0.25, 0.3) is 0 Å². The summed E-state index contributed by atoms with van der Waals surface area (Å²) < 4.78 is 5.58. The molecular formula is C18H29NO. The van der Waals surface area contributed by atoms with Crippen LogP contribution in [0.2, 0.25) is 0 Å². The Morgan fingerprint density at radius 2 is 2.00 bits per heavy atom. The standard InChI is InChI=1S/C18H29NO/c1-18(2,3)12-17(16-9-5-4-6-10-16)19-13-15-8-7-11-20-14-15/h4-6,9-10,15,17,19H,7-8,11-14H2,1-3H3. The van der Waals surface area contributed by atoms with Crippen molar-refractivity contribution in [2.45, 2.75) is 46.1 Å². The molecule has 1 aromatic carbocycles. The summed E-state index contributed by atoms with van der Waals surface area (Å²) in [5.74, 6) is 0.676. The van der Waals surface area contributed by atoms with Crippen LogP contribution in [0.4, 0.5) is 0 Å². The highest BCUT2D eigenvalue weighted by Gasteiger charge is 2.21. The van der Waals surface area contributed by atoms with Crippen molar-refractivity contribution in [3.8, 4) is 0 Å². The molecule has 0 bridgehead atoms. The molecule has 1 aromatic rings. The summed E-state index contributed by atoms with van der Waals surface area (Å²) in [6, 6.07) is 11.3. The fourth-order valence-corrected chi connectivity index (χ4v) is 2.88. The minimum absolute atomic E-state index is 0.330. The lowest BCUT2D eigenvalue weighted by Crippen LogP contribution is -2.33. The van der Waals surface area contributed by atoms with Crippen LogP contribution >= 0.6 is 0 Å². The Balaban J connectivity index is 1.95. The third-order valence-corrected chi connectivity index (χ3v) is 3.93. The van der Waals surface area contributed by atoms with Crippen LogP contribution < -0.4 is 5.32 Å². The SMILES string of the molecule is CC(C)(C)CC(NCC1CCCOC1)c1ccccc1. The van der Waals surface area contributed by atoms with Crippen molar-refractivity contribution in [1.29, 1.82) is 0 Å². The monoisotopic (exact) mass is 275 g/mol. The predicted octanol–water partition coefficient (Wildman–Crippen LogP) is 4.18. The first kappa shape index (κ1) is 15.5. The minimum Gasteiger partial charge on any atom is -0.381 e. The summed E-state index contributed by atoms with van der Waals surface area (Å²) >= 11 is 0. The summed E-state index contributed by atoms with van der Waals surface area (Å²) in [5.41, 5.74) is 1.73. The second kappa shape index (κ2) is 7.24. The highest BCUT2D eigenvalue weighted by atomic mass is 16.5. The molecule has 0 aromatic heterocycles. The molecular weight excluding hydrogens is 246 g/mol. The average molecular weight is 275 g/mol. The van der Waals surface area contributed by atoms with Gasteiger partial charge >= 0.3 is 0 Å². The van der Waals surface area contributed by atoms with Crippen molar-refractivity contribution >= 4 is 0 Å². The van der Waals surface area contributed by atoms with E-state index in [4.69, 9.17) is 4.74 Å². The lowest BCUT2D eigenvalue weighted by atomic mass is 9.85. The average Bonchev–Trinajstić information content (AvgIpc) is 2.44. The van der Waals surface area contributed by atoms with E-state index in [-0.39, 0.29) is 0 Å². The van der Waals surface area contributed by atoms with Crippen LogP contribution in [0, 0.1) is 11.3 Å². The van der Waals surface area contributed by atoms with Crippen molar-refractivity contribution in [2.24, 2.45) is 11.3 Å². The fourth-order valence-electron chi connectivity index (χ4n) is 2.88. The van der Waals surface area contributed by atoms with E-state index in [9.17, 15) is 0 Å². The van der Waals surface area contributed by atoms with Crippen molar-refractivity contribution in [3.05, 3.63) is 35.9 Å². The third kappa shape index (κ3) is 5.26. The van der Waals surface area contributed by atoms with E-state index < -0.39 is 0 Å². The second-order valence-corrected chi connectivity index (χ2v) is 7.22. The molecule has 0 aliphatic carbocycles. The Bertz CT molecular complexity index is 376. The zero-order chi connectivity index (χ0) is 14.4. The van der Waals surface area contributed by atoms with Crippen LogP contribution in [0.3, 0.4) is 0 Å². The van der Waals surface area contributed by atoms with Gasteiger partial charge in [-0.25, -0.2) is 0 Å². The second-order valence-electron chi connectivity index (χ2n) is 7.22. The lowest BCUT2D eigenvalue weighted by molar-refractivity contribution is 0.0532. The maximum Gasteiger partial charge on any atom is 0.0506 e. The maximum atomic E-state index is 5.58. The van der Waals surface area contributed by atoms with E-state index in [0.29, 0.717) is 17.4 Å². The molecule has 1 aliphatic heterocycles. The van der Waals surface area contributed by atoms with Crippen molar-refractivity contribution < 1.29 is 4.74 Å². The van der Waals surface area contributed by atoms with Crippen LogP contribution in [0.5, 0.6) is 0 Å². The van der Waals surface area contributed by atoms with Gasteiger partial charge in [-0.2, -0.15) is 0 Å². The molecule has 2 unspecified atom stereocenters. The van der Waals surface area contributed by atoms with Gasteiger partial charge in [-0.15, -0.1) is 0 Å². The van der Waals surface area contributed by atoms with Crippen LogP contribution in [0.15, 0.2) is 30.3 Å². The molecule has 2 rings (SSSR count). The molecule has 1 fully saturated rings. The number of nitrogens with one attached hydrogen (secondary N) is 1. The molecule has 0 radical (unpaired) electrons. The lowest BCUT2D eigenvalue weighted by Gasteiger charge is -2.30. The number of rotatable bonds is 5. The quantitative estimate of drug-likeness (QED) is 0.870. The van der Waals surface area contributed by atoms with Gasteiger partial charge in [-0.05, 0) is 36.2 Å². The van der Waals surface area contributed by atoms with Gasteiger partial charge in [-0.1, -0.05) is 51.1 Å². The molecule has 1 aliphatic rings. The Morgan fingerprint density at radius 1 is 1.25 bits per heavy atom. The predicted molar refractivity (Wildman–Crippen MR) is 84.8 cm³/mol. The van der Waals surface area contributed by atoms with E-state index in [1.165, 1.54) is 18.4 Å². The number of ether oxygens (including phenoxy) is 1. The molecule has 2 heteroatoms. The largest absolute Gasteiger partial charge is 0.381 e. The van der Waals surface area contributed by atoms with Crippen LogP contribution in [0.1, 0.15) is 51.6 Å². The third-order valence-electron chi connectivity index (χ3n) is 3.93. The van der Waals surface area contributed by atoms with Crippen molar-refractivity contribution in [2.75, 3.05) is 19.8 Å². The first-order valence-electron chi connectivity index (χ1n) is 7.91. The van der Waals surface area contributed by atoms with Crippen LogP contribution in [-0.4, -0.2) is 19.8 Å². The first-order valence-corrected chi connectivity index (χ1v) is 7.91. The molecule has 1 saturated heterocycles. The van der Waals surface area contributed by atoms with Gasteiger partial charge in [0.25, 0.3) is 0 Å². The highest BCUT2D eigenvalue weighted by Crippen LogP contribution is 2.29. The van der Waals surface area contributed by atoms with Gasteiger partial charge in [0.2, 0.25) is 0 Å². The first-order chi connectivity index (χ1) is 9.54. The number of benzene rings is 1. The normalized spacial score (nSPS) is 21.6. The van der Waals surface area contributed by atoms with Gasteiger partial charge in [0.1, 0.15) is 0 Å². The fraction of sp³-hybridized carbons (Fsp3) is 0.667. The van der Waals surface area contributed by atoms with E-state index in [1.807, 2.05) is 0 Å². The van der Waals surface area contributed by atoms with E-state index >= 15 is 0 Å². The van der Waals surface area contributed by atoms with E-state index in [2.05, 4.69) is 56.4 Å². The van der Waals surface area contributed by atoms with Gasteiger partial charge in [0.15, 0.2) is 0 Å².